The molecule has 1 atom stereocenters. The maximum Gasteiger partial charge on any atom is 0.289 e. The molecule has 192 valence electrons. The molecule has 1 aliphatic carbocycles. The molecular weight excluding hydrogens is 460 g/mol. The van der Waals surface area contributed by atoms with Crippen molar-refractivity contribution < 1.29 is 19.1 Å². The quantitative estimate of drug-likeness (QED) is 0.587. The Morgan fingerprint density at radius 3 is 2.56 bits per heavy atom. The number of ether oxygens (including phenoxy) is 1. The minimum absolute atomic E-state index is 0.00684. The number of carbonyl (C=O) groups excluding carboxylic acids is 3. The van der Waals surface area contributed by atoms with Crippen LogP contribution in [0.1, 0.15) is 74.0 Å². The summed E-state index contributed by atoms with van der Waals surface area (Å²) in [6.45, 7) is 1.11. The number of benzene rings is 1. The van der Waals surface area contributed by atoms with Gasteiger partial charge in [-0.05, 0) is 49.3 Å². The fraction of sp³-hybridized carbons (Fsp3) is 0.577. The molecule has 2 fully saturated rings. The lowest BCUT2D eigenvalue weighted by Gasteiger charge is -2.31. The van der Waals surface area contributed by atoms with E-state index >= 15 is 0 Å². The largest absolute Gasteiger partial charge is 0.381 e. The number of hydrogen-bond donors (Lipinski definition) is 3. The third-order valence-electron chi connectivity index (χ3n) is 7.94. The Balaban J connectivity index is 1.36. The Bertz CT molecular complexity index is 1130. The van der Waals surface area contributed by atoms with Gasteiger partial charge in [-0.2, -0.15) is 5.10 Å². The SMILES string of the molecule is Cn1ncnc1C(=O)NC(C(=O)Nc1ccc2c(c1)NC(=O)C21CCOCC1)C1CCCCCCC1. The van der Waals surface area contributed by atoms with Gasteiger partial charge in [0.2, 0.25) is 17.6 Å². The van der Waals surface area contributed by atoms with Gasteiger partial charge in [-0.25, -0.2) is 9.67 Å². The molecule has 10 heteroatoms. The zero-order valence-corrected chi connectivity index (χ0v) is 20.7. The van der Waals surface area contributed by atoms with Crippen molar-refractivity contribution in [3.05, 3.63) is 35.9 Å². The van der Waals surface area contributed by atoms with Crippen molar-refractivity contribution in [1.29, 1.82) is 0 Å². The second-order valence-electron chi connectivity index (χ2n) is 10.2. The van der Waals surface area contributed by atoms with E-state index in [1.807, 2.05) is 18.2 Å². The topological polar surface area (TPSA) is 127 Å². The number of fused-ring (bicyclic) bond motifs is 2. The molecule has 10 nitrogen and oxygen atoms in total. The van der Waals surface area contributed by atoms with Crippen molar-refractivity contribution in [2.75, 3.05) is 23.8 Å². The third kappa shape index (κ3) is 4.74. The second kappa shape index (κ2) is 10.4. The van der Waals surface area contributed by atoms with Gasteiger partial charge in [0.25, 0.3) is 5.91 Å². The summed E-state index contributed by atoms with van der Waals surface area (Å²) in [5, 5.41) is 12.9. The van der Waals surface area contributed by atoms with E-state index in [0.29, 0.717) is 31.7 Å². The Labute approximate surface area is 210 Å². The van der Waals surface area contributed by atoms with Crippen LogP contribution in [0.25, 0.3) is 0 Å². The number of nitrogens with zero attached hydrogens (tertiary/aromatic N) is 3. The highest BCUT2D eigenvalue weighted by Crippen LogP contribution is 2.45. The molecule has 3 N–H and O–H groups in total. The Hall–Kier alpha value is -3.27. The van der Waals surface area contributed by atoms with Gasteiger partial charge in [-0.3, -0.25) is 14.4 Å². The highest BCUT2D eigenvalue weighted by Gasteiger charge is 2.47. The van der Waals surface area contributed by atoms with E-state index in [1.54, 1.807) is 7.05 Å². The van der Waals surface area contributed by atoms with Crippen molar-refractivity contribution in [2.24, 2.45) is 13.0 Å². The van der Waals surface area contributed by atoms with Crippen LogP contribution in [-0.4, -0.2) is 51.7 Å². The average Bonchev–Trinajstić information content (AvgIpc) is 3.39. The van der Waals surface area contributed by atoms with Crippen LogP contribution in [0.2, 0.25) is 0 Å². The minimum Gasteiger partial charge on any atom is -0.381 e. The number of aryl methyl sites for hydroxylation is 1. The first-order chi connectivity index (χ1) is 17.5. The number of amides is 3. The smallest absolute Gasteiger partial charge is 0.289 e. The summed E-state index contributed by atoms with van der Waals surface area (Å²) in [7, 11) is 1.65. The lowest BCUT2D eigenvalue weighted by atomic mass is 9.75. The number of nitrogens with one attached hydrogen (secondary N) is 3. The Morgan fingerprint density at radius 2 is 1.86 bits per heavy atom. The van der Waals surface area contributed by atoms with E-state index in [4.69, 9.17) is 4.74 Å². The Kier molecular flexibility index (Phi) is 7.04. The summed E-state index contributed by atoms with van der Waals surface area (Å²) in [5.41, 5.74) is 1.72. The maximum absolute atomic E-state index is 13.6. The number of anilines is 2. The van der Waals surface area contributed by atoms with Gasteiger partial charge in [0.1, 0.15) is 12.4 Å². The van der Waals surface area contributed by atoms with Gasteiger partial charge in [-0.15, -0.1) is 0 Å². The van der Waals surface area contributed by atoms with Crippen LogP contribution >= 0.6 is 0 Å². The molecule has 0 bridgehead atoms. The van der Waals surface area contributed by atoms with Crippen molar-refractivity contribution in [3.63, 3.8) is 0 Å². The number of hydrogen-bond acceptors (Lipinski definition) is 6. The standard InChI is InChI=1S/C26H34N6O4/c1-32-22(27-16-28-32)24(34)31-21(17-7-5-3-2-4-6-8-17)23(33)29-18-9-10-19-20(15-18)30-25(35)26(19)11-13-36-14-12-26/h9-10,15-17,21H,2-8,11-14H2,1H3,(H,29,33)(H,30,35)(H,31,34). The number of carbonyl (C=O) groups is 3. The fourth-order valence-electron chi connectivity index (χ4n) is 5.87. The van der Waals surface area contributed by atoms with E-state index in [1.165, 1.54) is 17.4 Å². The summed E-state index contributed by atoms with van der Waals surface area (Å²) in [4.78, 5) is 43.5. The van der Waals surface area contributed by atoms with Gasteiger partial charge < -0.3 is 20.7 Å². The summed E-state index contributed by atoms with van der Waals surface area (Å²) < 4.78 is 6.88. The molecule has 1 aromatic carbocycles. The molecule has 1 saturated heterocycles. The lowest BCUT2D eigenvalue weighted by Crippen LogP contribution is -2.49. The third-order valence-corrected chi connectivity index (χ3v) is 7.94. The van der Waals surface area contributed by atoms with Gasteiger partial charge in [0.15, 0.2) is 0 Å². The predicted octanol–water partition coefficient (Wildman–Crippen LogP) is 2.91. The summed E-state index contributed by atoms with van der Waals surface area (Å²) in [6, 6.07) is 4.89. The lowest BCUT2D eigenvalue weighted by molar-refractivity contribution is -0.124. The van der Waals surface area contributed by atoms with Crippen LogP contribution in [0.3, 0.4) is 0 Å². The van der Waals surface area contributed by atoms with Crippen molar-refractivity contribution in [3.8, 4) is 0 Å². The molecule has 0 radical (unpaired) electrons. The summed E-state index contributed by atoms with van der Waals surface area (Å²) in [6.07, 6.45) is 9.93. The highest BCUT2D eigenvalue weighted by molar-refractivity contribution is 6.07. The highest BCUT2D eigenvalue weighted by atomic mass is 16.5. The first-order valence-electron chi connectivity index (χ1n) is 13.0. The first kappa shape index (κ1) is 24.4. The van der Waals surface area contributed by atoms with E-state index in [9.17, 15) is 14.4 Å². The van der Waals surface area contributed by atoms with Crippen molar-refractivity contribution in [2.45, 2.75) is 69.2 Å². The van der Waals surface area contributed by atoms with Crippen LogP contribution < -0.4 is 16.0 Å². The van der Waals surface area contributed by atoms with Gasteiger partial charge in [0, 0.05) is 31.6 Å². The zero-order valence-electron chi connectivity index (χ0n) is 20.7. The first-order valence-corrected chi connectivity index (χ1v) is 13.0. The predicted molar refractivity (Wildman–Crippen MR) is 133 cm³/mol. The van der Waals surface area contributed by atoms with E-state index in [0.717, 1.165) is 49.8 Å². The zero-order chi connectivity index (χ0) is 25.1. The molecule has 36 heavy (non-hydrogen) atoms. The molecular formula is C26H34N6O4. The summed E-state index contributed by atoms with van der Waals surface area (Å²) >= 11 is 0. The molecule has 3 aliphatic rings. The van der Waals surface area contributed by atoms with E-state index in [-0.39, 0.29) is 23.6 Å². The molecule has 1 spiro atoms. The van der Waals surface area contributed by atoms with Crippen LogP contribution in [0.4, 0.5) is 11.4 Å². The molecule has 5 rings (SSSR count). The normalized spacial score (nSPS) is 20.6. The van der Waals surface area contributed by atoms with E-state index in [2.05, 4.69) is 26.0 Å². The molecule has 1 unspecified atom stereocenters. The van der Waals surface area contributed by atoms with E-state index < -0.39 is 17.4 Å². The monoisotopic (exact) mass is 494 g/mol. The number of aromatic nitrogens is 3. The van der Waals surface area contributed by atoms with Crippen LogP contribution in [-0.2, 0) is 26.8 Å². The van der Waals surface area contributed by atoms with Gasteiger partial charge in [-0.1, -0.05) is 38.2 Å². The molecule has 1 aromatic heterocycles. The number of rotatable bonds is 5. The van der Waals surface area contributed by atoms with Crippen molar-refractivity contribution >= 4 is 29.1 Å². The fourth-order valence-corrected chi connectivity index (χ4v) is 5.87. The average molecular weight is 495 g/mol. The molecule has 2 aliphatic heterocycles. The maximum atomic E-state index is 13.6. The molecule has 1 saturated carbocycles. The molecule has 3 heterocycles. The van der Waals surface area contributed by atoms with Gasteiger partial charge in [0.05, 0.1) is 5.41 Å². The Morgan fingerprint density at radius 1 is 1.14 bits per heavy atom. The van der Waals surface area contributed by atoms with Crippen LogP contribution in [0, 0.1) is 5.92 Å². The molecule has 3 amide bonds. The van der Waals surface area contributed by atoms with Gasteiger partial charge >= 0.3 is 0 Å². The minimum atomic E-state index is -0.697. The summed E-state index contributed by atoms with van der Waals surface area (Å²) in [5.74, 6) is -0.489. The molecule has 2 aromatic rings. The second-order valence-corrected chi connectivity index (χ2v) is 10.2. The van der Waals surface area contributed by atoms with Crippen LogP contribution in [0.5, 0.6) is 0 Å². The van der Waals surface area contributed by atoms with Crippen LogP contribution in [0.15, 0.2) is 24.5 Å². The van der Waals surface area contributed by atoms with Crippen molar-refractivity contribution in [1.82, 2.24) is 20.1 Å².